The summed E-state index contributed by atoms with van der Waals surface area (Å²) in [5, 5.41) is 13.8. The predicted molar refractivity (Wildman–Crippen MR) is 116 cm³/mol. The van der Waals surface area contributed by atoms with Gasteiger partial charge in [-0.15, -0.1) is 10.2 Å². The first-order chi connectivity index (χ1) is 14.4. The van der Waals surface area contributed by atoms with Gasteiger partial charge in [0.15, 0.2) is 11.3 Å². The molecule has 2 aliphatic rings. The van der Waals surface area contributed by atoms with Gasteiger partial charge in [0.1, 0.15) is 17.2 Å². The van der Waals surface area contributed by atoms with Crippen LogP contribution in [0.3, 0.4) is 0 Å². The van der Waals surface area contributed by atoms with E-state index in [4.69, 9.17) is 0 Å². The van der Waals surface area contributed by atoms with Crippen molar-refractivity contribution in [2.45, 2.75) is 67.3 Å². The molecular formula is C21H25N7OS. The van der Waals surface area contributed by atoms with E-state index in [0.717, 1.165) is 17.9 Å². The van der Waals surface area contributed by atoms with Crippen LogP contribution in [0.4, 0.5) is 0 Å². The molecule has 3 aromatic heterocycles. The topological polar surface area (TPSA) is 101 Å². The van der Waals surface area contributed by atoms with Gasteiger partial charge in [-0.3, -0.25) is 9.36 Å². The lowest BCUT2D eigenvalue weighted by atomic mass is 9.71. The van der Waals surface area contributed by atoms with Crippen molar-refractivity contribution in [3.8, 4) is 17.2 Å². The second-order valence-corrected chi connectivity index (χ2v) is 10.3. The fraction of sp³-hybridized carbons (Fsp3) is 0.476. The van der Waals surface area contributed by atoms with E-state index in [2.05, 4.69) is 44.3 Å². The first-order valence-electron chi connectivity index (χ1n) is 10.3. The fourth-order valence-corrected chi connectivity index (χ4v) is 6.43. The molecule has 5 rings (SSSR count). The standard InChI is InChI=1S/C21H25N7OS/c1-20-4-3-5-21(2,27-20)10-14(9-20)30-18-12-24-19(26-25-18)15-11-23-17(8-16(15)29)28-7-6-22-13-28/h6-8,11-14,27H,3-5,9-10H2,1-2H3,(H,23,29). The molecule has 8 nitrogen and oxygen atoms in total. The Labute approximate surface area is 179 Å². The highest BCUT2D eigenvalue weighted by atomic mass is 32.2. The summed E-state index contributed by atoms with van der Waals surface area (Å²) < 4.78 is 1.74. The van der Waals surface area contributed by atoms with E-state index in [-0.39, 0.29) is 16.5 Å². The highest BCUT2D eigenvalue weighted by Gasteiger charge is 2.45. The van der Waals surface area contributed by atoms with Crippen molar-refractivity contribution in [2.24, 2.45) is 0 Å². The number of rotatable bonds is 4. The largest absolute Gasteiger partial charge is 0.347 e. The molecule has 0 spiro atoms. The summed E-state index contributed by atoms with van der Waals surface area (Å²) in [5.41, 5.74) is 0.646. The van der Waals surface area contributed by atoms with Gasteiger partial charge in [-0.05, 0) is 46.0 Å². The minimum atomic E-state index is -0.160. The van der Waals surface area contributed by atoms with Gasteiger partial charge in [0.05, 0.1) is 11.8 Å². The van der Waals surface area contributed by atoms with Crippen LogP contribution in [-0.2, 0) is 0 Å². The Bertz CT molecular complexity index is 1080. The number of fused-ring (bicyclic) bond motifs is 2. The van der Waals surface area contributed by atoms with Gasteiger partial charge < -0.3 is 10.3 Å². The van der Waals surface area contributed by atoms with Gasteiger partial charge >= 0.3 is 0 Å². The molecule has 9 heteroatoms. The first-order valence-corrected chi connectivity index (χ1v) is 11.2. The highest BCUT2D eigenvalue weighted by molar-refractivity contribution is 7.99. The van der Waals surface area contributed by atoms with Crippen LogP contribution in [0.15, 0.2) is 47.0 Å². The fourth-order valence-electron chi connectivity index (χ4n) is 4.99. The Hall–Kier alpha value is -2.52. The number of thioether (sulfide) groups is 1. The number of imidazole rings is 1. The Morgan fingerprint density at radius 2 is 2.00 bits per heavy atom. The number of H-pyrrole nitrogens is 1. The Morgan fingerprint density at radius 1 is 1.20 bits per heavy atom. The van der Waals surface area contributed by atoms with Crippen LogP contribution in [-0.4, -0.2) is 46.0 Å². The summed E-state index contributed by atoms with van der Waals surface area (Å²) in [7, 11) is 0. The minimum absolute atomic E-state index is 0.160. The van der Waals surface area contributed by atoms with Gasteiger partial charge in [0, 0.05) is 41.0 Å². The lowest BCUT2D eigenvalue weighted by molar-refractivity contribution is 0.0973. The van der Waals surface area contributed by atoms with E-state index in [0.29, 0.717) is 22.5 Å². The molecule has 2 bridgehead atoms. The number of pyridine rings is 1. The molecule has 0 aliphatic carbocycles. The van der Waals surface area contributed by atoms with Gasteiger partial charge in [-0.2, -0.15) is 0 Å². The molecule has 2 fully saturated rings. The van der Waals surface area contributed by atoms with E-state index in [1.54, 1.807) is 47.4 Å². The average molecular weight is 424 g/mol. The van der Waals surface area contributed by atoms with E-state index in [1.807, 2.05) is 0 Å². The van der Waals surface area contributed by atoms with Gasteiger partial charge in [-0.1, -0.05) is 11.8 Å². The summed E-state index contributed by atoms with van der Waals surface area (Å²) >= 11 is 1.75. The van der Waals surface area contributed by atoms with Crippen molar-refractivity contribution < 1.29 is 0 Å². The predicted octanol–water partition coefficient (Wildman–Crippen LogP) is 2.96. The quantitative estimate of drug-likeness (QED) is 0.665. The van der Waals surface area contributed by atoms with Crippen LogP contribution in [0, 0.1) is 0 Å². The SMILES string of the molecule is CC12CCCC(C)(CC(Sc3cnc(-c4c[nH]c(-n5ccnc5)cc4=O)nn3)C1)N2. The van der Waals surface area contributed by atoms with Crippen molar-refractivity contribution in [3.63, 3.8) is 0 Å². The number of aromatic nitrogens is 6. The van der Waals surface area contributed by atoms with Crippen molar-refractivity contribution >= 4 is 11.8 Å². The van der Waals surface area contributed by atoms with Crippen LogP contribution in [0.25, 0.3) is 17.2 Å². The summed E-state index contributed by atoms with van der Waals surface area (Å²) in [6, 6.07) is 1.51. The molecule has 0 amide bonds. The third kappa shape index (κ3) is 3.79. The maximum Gasteiger partial charge on any atom is 0.194 e. The maximum atomic E-state index is 12.5. The van der Waals surface area contributed by atoms with Crippen molar-refractivity contribution in [3.05, 3.63) is 47.4 Å². The van der Waals surface area contributed by atoms with Crippen LogP contribution in [0.2, 0.25) is 0 Å². The molecule has 2 aliphatic heterocycles. The Morgan fingerprint density at radius 3 is 2.63 bits per heavy atom. The molecule has 2 unspecified atom stereocenters. The third-order valence-electron chi connectivity index (χ3n) is 6.17. The molecule has 3 aromatic rings. The van der Waals surface area contributed by atoms with Crippen LogP contribution >= 0.6 is 11.8 Å². The van der Waals surface area contributed by atoms with E-state index >= 15 is 0 Å². The second kappa shape index (κ2) is 7.31. The molecule has 2 saturated heterocycles. The number of hydrogen-bond acceptors (Lipinski definition) is 7. The zero-order chi connectivity index (χ0) is 20.8. The van der Waals surface area contributed by atoms with E-state index < -0.39 is 0 Å². The monoisotopic (exact) mass is 423 g/mol. The summed E-state index contributed by atoms with van der Waals surface area (Å²) in [6.45, 7) is 4.67. The number of nitrogens with zero attached hydrogens (tertiary/aromatic N) is 5. The van der Waals surface area contributed by atoms with Crippen molar-refractivity contribution in [1.82, 2.24) is 35.0 Å². The lowest BCUT2D eigenvalue weighted by Gasteiger charge is -2.53. The number of nitrogens with one attached hydrogen (secondary N) is 2. The zero-order valence-electron chi connectivity index (χ0n) is 17.1. The normalized spacial score (nSPS) is 28.4. The van der Waals surface area contributed by atoms with Crippen LogP contribution in [0.1, 0.15) is 46.0 Å². The number of piperidine rings is 2. The smallest absolute Gasteiger partial charge is 0.194 e. The molecule has 5 heterocycles. The summed E-state index contributed by atoms with van der Waals surface area (Å²) in [6.07, 6.45) is 14.4. The zero-order valence-corrected chi connectivity index (χ0v) is 17.9. The van der Waals surface area contributed by atoms with E-state index in [1.165, 1.54) is 25.3 Å². The molecule has 2 N–H and O–H groups in total. The van der Waals surface area contributed by atoms with Crippen LogP contribution in [0.5, 0.6) is 0 Å². The molecule has 0 saturated carbocycles. The van der Waals surface area contributed by atoms with Gasteiger partial charge in [0.25, 0.3) is 0 Å². The first kappa shape index (κ1) is 19.4. The minimum Gasteiger partial charge on any atom is -0.347 e. The molecular weight excluding hydrogens is 398 g/mol. The third-order valence-corrected chi connectivity index (χ3v) is 7.26. The Balaban J connectivity index is 1.32. The molecule has 156 valence electrons. The molecule has 2 atom stereocenters. The molecule has 30 heavy (non-hydrogen) atoms. The van der Waals surface area contributed by atoms with Gasteiger partial charge in [-0.25, -0.2) is 9.97 Å². The molecule has 0 radical (unpaired) electrons. The van der Waals surface area contributed by atoms with Gasteiger partial charge in [0.2, 0.25) is 0 Å². The second-order valence-electron chi connectivity index (χ2n) is 8.93. The maximum absolute atomic E-state index is 12.5. The summed E-state index contributed by atoms with van der Waals surface area (Å²) in [4.78, 5) is 24.1. The van der Waals surface area contributed by atoms with Crippen molar-refractivity contribution in [2.75, 3.05) is 0 Å². The number of aromatic amines is 1. The van der Waals surface area contributed by atoms with Crippen LogP contribution < -0.4 is 10.7 Å². The molecule has 0 aromatic carbocycles. The average Bonchev–Trinajstić information content (AvgIpc) is 3.22. The number of hydrogen-bond donors (Lipinski definition) is 2. The highest BCUT2D eigenvalue weighted by Crippen LogP contribution is 2.44. The lowest BCUT2D eigenvalue weighted by Crippen LogP contribution is -2.64. The Kier molecular flexibility index (Phi) is 4.74. The summed E-state index contributed by atoms with van der Waals surface area (Å²) in [5.74, 6) is 0.971. The van der Waals surface area contributed by atoms with E-state index in [9.17, 15) is 4.79 Å². The van der Waals surface area contributed by atoms with Crippen molar-refractivity contribution in [1.29, 1.82) is 0 Å².